The largest absolute Gasteiger partial charge is 0.378 e. The Labute approximate surface area is 131 Å². The van der Waals surface area contributed by atoms with Crippen LogP contribution in [0.25, 0.3) is 0 Å². The van der Waals surface area contributed by atoms with Crippen LogP contribution in [-0.2, 0) is 4.74 Å². The monoisotopic (exact) mass is 293 g/mol. The summed E-state index contributed by atoms with van der Waals surface area (Å²) in [5, 5.41) is 3.80. The minimum atomic E-state index is 0.587. The fourth-order valence-corrected chi connectivity index (χ4v) is 5.33. The number of hydrogen-bond donors (Lipinski definition) is 1. The highest BCUT2D eigenvalue weighted by atomic mass is 16.5. The molecule has 4 atom stereocenters. The summed E-state index contributed by atoms with van der Waals surface area (Å²) in [5.41, 5.74) is 0.635. The van der Waals surface area contributed by atoms with E-state index in [0.717, 1.165) is 24.4 Å². The van der Waals surface area contributed by atoms with Crippen molar-refractivity contribution in [1.82, 2.24) is 5.32 Å². The van der Waals surface area contributed by atoms with Gasteiger partial charge in [0.15, 0.2) is 0 Å². The molecule has 1 saturated heterocycles. The maximum Gasteiger partial charge on any atom is 0.0576 e. The average Bonchev–Trinajstić information content (AvgIpc) is 3.14. The molecule has 122 valence electrons. The minimum Gasteiger partial charge on any atom is -0.378 e. The average molecular weight is 293 g/mol. The quantitative estimate of drug-likeness (QED) is 0.716. The smallest absolute Gasteiger partial charge is 0.0576 e. The van der Waals surface area contributed by atoms with Crippen LogP contribution in [-0.4, -0.2) is 25.8 Å². The van der Waals surface area contributed by atoms with Crippen LogP contribution in [0.3, 0.4) is 0 Å². The van der Waals surface area contributed by atoms with E-state index in [1.165, 1.54) is 70.9 Å². The van der Waals surface area contributed by atoms with Crippen LogP contribution in [0, 0.1) is 23.2 Å². The van der Waals surface area contributed by atoms with Gasteiger partial charge in [-0.05, 0) is 74.7 Å². The van der Waals surface area contributed by atoms with Gasteiger partial charge in [0.25, 0.3) is 0 Å². The first-order valence-corrected chi connectivity index (χ1v) is 9.50. The third-order valence-corrected chi connectivity index (χ3v) is 6.36. The van der Waals surface area contributed by atoms with E-state index in [1.807, 2.05) is 0 Å². The van der Waals surface area contributed by atoms with Gasteiger partial charge in [0.1, 0.15) is 0 Å². The second kappa shape index (κ2) is 7.00. The van der Waals surface area contributed by atoms with Crippen LogP contribution in [0.15, 0.2) is 0 Å². The molecule has 2 heteroatoms. The van der Waals surface area contributed by atoms with Gasteiger partial charge >= 0.3 is 0 Å². The van der Waals surface area contributed by atoms with Gasteiger partial charge in [0.2, 0.25) is 0 Å². The van der Waals surface area contributed by atoms with Gasteiger partial charge in [0, 0.05) is 13.2 Å². The van der Waals surface area contributed by atoms with Gasteiger partial charge in [-0.15, -0.1) is 0 Å². The lowest BCUT2D eigenvalue weighted by atomic mass is 9.69. The molecule has 0 amide bonds. The molecule has 3 aliphatic rings. The van der Waals surface area contributed by atoms with Gasteiger partial charge < -0.3 is 10.1 Å². The van der Waals surface area contributed by atoms with E-state index < -0.39 is 0 Å². The summed E-state index contributed by atoms with van der Waals surface area (Å²) < 4.78 is 5.81. The summed E-state index contributed by atoms with van der Waals surface area (Å²) >= 11 is 0. The zero-order valence-corrected chi connectivity index (χ0v) is 14.2. The molecule has 21 heavy (non-hydrogen) atoms. The summed E-state index contributed by atoms with van der Waals surface area (Å²) in [4.78, 5) is 0. The Morgan fingerprint density at radius 1 is 1.24 bits per heavy atom. The van der Waals surface area contributed by atoms with E-state index >= 15 is 0 Å². The minimum absolute atomic E-state index is 0.587. The van der Waals surface area contributed by atoms with Crippen molar-refractivity contribution in [2.24, 2.45) is 23.2 Å². The molecule has 0 radical (unpaired) electrons. The summed E-state index contributed by atoms with van der Waals surface area (Å²) in [7, 11) is 0. The lowest BCUT2D eigenvalue weighted by Crippen LogP contribution is -2.40. The molecular weight excluding hydrogens is 258 g/mol. The van der Waals surface area contributed by atoms with Crippen molar-refractivity contribution in [3.63, 3.8) is 0 Å². The molecule has 4 unspecified atom stereocenters. The molecule has 0 aromatic carbocycles. The molecule has 2 saturated carbocycles. The third-order valence-electron chi connectivity index (χ3n) is 6.36. The molecule has 3 rings (SSSR count). The molecule has 0 aromatic heterocycles. The van der Waals surface area contributed by atoms with E-state index in [0.29, 0.717) is 11.5 Å². The molecule has 0 spiro atoms. The Kier molecular flexibility index (Phi) is 5.27. The van der Waals surface area contributed by atoms with Crippen LogP contribution in [0.5, 0.6) is 0 Å². The van der Waals surface area contributed by atoms with Crippen molar-refractivity contribution in [2.75, 3.05) is 19.7 Å². The van der Waals surface area contributed by atoms with Crippen molar-refractivity contribution in [3.8, 4) is 0 Å². The Hall–Kier alpha value is -0.0800. The first-order chi connectivity index (χ1) is 10.2. The Bertz CT molecular complexity index is 324. The number of hydrogen-bond acceptors (Lipinski definition) is 2. The Morgan fingerprint density at radius 3 is 2.76 bits per heavy atom. The van der Waals surface area contributed by atoms with Gasteiger partial charge in [0.05, 0.1) is 6.10 Å². The maximum atomic E-state index is 5.81. The van der Waals surface area contributed by atoms with Crippen LogP contribution in [0.1, 0.15) is 71.6 Å². The normalized spacial score (nSPS) is 38.7. The van der Waals surface area contributed by atoms with Crippen molar-refractivity contribution in [3.05, 3.63) is 0 Å². The van der Waals surface area contributed by atoms with E-state index in [9.17, 15) is 0 Å². The first-order valence-electron chi connectivity index (χ1n) is 9.50. The van der Waals surface area contributed by atoms with Crippen LogP contribution >= 0.6 is 0 Å². The van der Waals surface area contributed by atoms with Crippen molar-refractivity contribution in [1.29, 1.82) is 0 Å². The molecule has 2 nitrogen and oxygen atoms in total. The number of rotatable bonds is 8. The van der Waals surface area contributed by atoms with Crippen LogP contribution in [0.2, 0.25) is 0 Å². The Balaban J connectivity index is 1.49. The van der Waals surface area contributed by atoms with Crippen molar-refractivity contribution < 1.29 is 4.74 Å². The Morgan fingerprint density at radius 2 is 2.14 bits per heavy atom. The zero-order valence-electron chi connectivity index (χ0n) is 14.2. The number of ether oxygens (including phenoxy) is 1. The van der Waals surface area contributed by atoms with Gasteiger partial charge in [-0.3, -0.25) is 0 Å². The highest BCUT2D eigenvalue weighted by Gasteiger charge is 2.49. The van der Waals surface area contributed by atoms with Gasteiger partial charge in [-0.1, -0.05) is 26.7 Å². The van der Waals surface area contributed by atoms with E-state index in [2.05, 4.69) is 19.2 Å². The lowest BCUT2D eigenvalue weighted by molar-refractivity contribution is 0.0879. The molecule has 1 N–H and O–H groups in total. The predicted octanol–water partition coefficient (Wildman–Crippen LogP) is 4.39. The third kappa shape index (κ3) is 3.82. The van der Waals surface area contributed by atoms with Gasteiger partial charge in [-0.2, -0.15) is 0 Å². The molecule has 3 fully saturated rings. The van der Waals surface area contributed by atoms with E-state index in [-0.39, 0.29) is 0 Å². The van der Waals surface area contributed by atoms with Crippen LogP contribution in [0.4, 0.5) is 0 Å². The number of fused-ring (bicyclic) bond motifs is 2. The summed E-state index contributed by atoms with van der Waals surface area (Å²) in [6.07, 6.45) is 13.4. The SMILES string of the molecule is CC(C)CNCC1(CCCC2CCCO2)CC2CCC1C2. The van der Waals surface area contributed by atoms with Crippen LogP contribution < -0.4 is 5.32 Å². The fourth-order valence-electron chi connectivity index (χ4n) is 5.33. The highest BCUT2D eigenvalue weighted by molar-refractivity contribution is 5.01. The second-order valence-electron chi connectivity index (χ2n) is 8.49. The van der Waals surface area contributed by atoms with Gasteiger partial charge in [-0.25, -0.2) is 0 Å². The second-order valence-corrected chi connectivity index (χ2v) is 8.49. The fraction of sp³-hybridized carbons (Fsp3) is 1.00. The zero-order chi connectivity index (χ0) is 14.7. The molecule has 2 aliphatic carbocycles. The number of nitrogens with one attached hydrogen (secondary N) is 1. The summed E-state index contributed by atoms with van der Waals surface area (Å²) in [5.74, 6) is 2.85. The van der Waals surface area contributed by atoms with E-state index in [4.69, 9.17) is 4.74 Å². The maximum absolute atomic E-state index is 5.81. The highest BCUT2D eigenvalue weighted by Crippen LogP contribution is 2.57. The predicted molar refractivity (Wildman–Crippen MR) is 88.4 cm³/mol. The standard InChI is InChI=1S/C19H35NO/c1-15(2)13-20-14-19(12-16-7-8-17(19)11-16)9-3-5-18-6-4-10-21-18/h15-18,20H,3-14H2,1-2H3. The molecule has 1 heterocycles. The van der Waals surface area contributed by atoms with Crippen molar-refractivity contribution >= 4 is 0 Å². The summed E-state index contributed by atoms with van der Waals surface area (Å²) in [6, 6.07) is 0. The molecule has 1 aliphatic heterocycles. The molecular formula is C19H35NO. The first kappa shape index (κ1) is 15.8. The van der Waals surface area contributed by atoms with E-state index in [1.54, 1.807) is 0 Å². The topological polar surface area (TPSA) is 21.3 Å². The summed E-state index contributed by atoms with van der Waals surface area (Å²) in [6.45, 7) is 8.11. The molecule has 2 bridgehead atoms. The lowest BCUT2D eigenvalue weighted by Gasteiger charge is -2.39. The molecule has 0 aromatic rings. The van der Waals surface area contributed by atoms with Crippen molar-refractivity contribution in [2.45, 2.75) is 77.7 Å².